The Balaban J connectivity index is 2.36. The van der Waals surface area contributed by atoms with E-state index in [0.29, 0.717) is 0 Å². The third-order valence-electron chi connectivity index (χ3n) is 2.01. The van der Waals surface area contributed by atoms with Crippen molar-refractivity contribution in [1.82, 2.24) is 4.90 Å². The van der Waals surface area contributed by atoms with Crippen LogP contribution in [-0.2, 0) is 0 Å². The Labute approximate surface area is 71.2 Å². The van der Waals surface area contributed by atoms with Gasteiger partial charge in [-0.15, -0.1) is 0 Å². The number of halogens is 1. The molecule has 0 saturated heterocycles. The molecule has 0 amide bonds. The third-order valence-corrected chi connectivity index (χ3v) is 2.73. The highest BCUT2D eigenvalue weighted by Crippen LogP contribution is 2.11. The lowest BCUT2D eigenvalue weighted by molar-refractivity contribution is 0.310. The second-order valence-corrected chi connectivity index (χ2v) is 3.20. The summed E-state index contributed by atoms with van der Waals surface area (Å²) in [7, 11) is 0. The van der Waals surface area contributed by atoms with Crippen LogP contribution in [0.25, 0.3) is 0 Å². The topological polar surface area (TPSA) is 3.24 Å². The molecule has 58 valence electrons. The molecule has 0 unspecified atom stereocenters. The molecule has 0 fully saturated rings. The molecule has 10 heavy (non-hydrogen) atoms. The average Bonchev–Trinajstić information content (AvgIpc) is 2.05. The van der Waals surface area contributed by atoms with Gasteiger partial charge in [-0.05, 0) is 13.0 Å². The summed E-state index contributed by atoms with van der Waals surface area (Å²) in [6, 6.07) is 0. The van der Waals surface area contributed by atoms with Crippen molar-refractivity contribution in [3.05, 3.63) is 11.6 Å². The third kappa shape index (κ3) is 2.10. The lowest BCUT2D eigenvalue weighted by atomic mass is 10.1. The molecule has 1 rings (SSSR count). The Bertz CT molecular complexity index is 131. The predicted octanol–water partition coefficient (Wildman–Crippen LogP) is 2.03. The highest BCUT2D eigenvalue weighted by molar-refractivity contribution is 9.09. The van der Waals surface area contributed by atoms with Crippen molar-refractivity contribution in [3.63, 3.8) is 0 Å². The van der Waals surface area contributed by atoms with Crippen molar-refractivity contribution < 1.29 is 0 Å². The van der Waals surface area contributed by atoms with Gasteiger partial charge in [-0.1, -0.05) is 34.5 Å². The van der Waals surface area contributed by atoms with Crippen LogP contribution in [0.4, 0.5) is 0 Å². The molecule has 0 aromatic carbocycles. The van der Waals surface area contributed by atoms with Gasteiger partial charge in [-0.3, -0.25) is 4.90 Å². The van der Waals surface area contributed by atoms with Crippen LogP contribution in [0.2, 0.25) is 0 Å². The maximum absolute atomic E-state index is 3.47. The maximum Gasteiger partial charge on any atom is 0.0242 e. The van der Waals surface area contributed by atoms with Crippen LogP contribution in [-0.4, -0.2) is 29.9 Å². The molecular weight excluding hydrogens is 190 g/mol. The fourth-order valence-corrected chi connectivity index (χ4v) is 1.67. The van der Waals surface area contributed by atoms with Crippen molar-refractivity contribution in [1.29, 1.82) is 0 Å². The zero-order chi connectivity index (χ0) is 7.40. The van der Waals surface area contributed by atoms with Gasteiger partial charge in [-0.25, -0.2) is 0 Å². The molecule has 0 atom stereocenters. The van der Waals surface area contributed by atoms with Gasteiger partial charge in [0.05, 0.1) is 0 Å². The zero-order valence-electron chi connectivity index (χ0n) is 6.44. The summed E-state index contributed by atoms with van der Waals surface area (Å²) in [6.07, 6.45) is 3.58. The van der Waals surface area contributed by atoms with Gasteiger partial charge >= 0.3 is 0 Å². The number of likely N-dealkylation sites (N-methyl/N-ethyl adjacent to an activating group) is 1. The number of hydrogen-bond donors (Lipinski definition) is 0. The molecule has 0 radical (unpaired) electrons. The monoisotopic (exact) mass is 203 g/mol. The number of rotatable bonds is 2. The molecule has 0 aliphatic carbocycles. The lowest BCUT2D eigenvalue weighted by Crippen LogP contribution is -2.28. The predicted molar refractivity (Wildman–Crippen MR) is 48.6 cm³/mol. The van der Waals surface area contributed by atoms with E-state index in [9.17, 15) is 0 Å². The fraction of sp³-hybridized carbons (Fsp3) is 0.750. The van der Waals surface area contributed by atoms with E-state index in [4.69, 9.17) is 0 Å². The Morgan fingerprint density at radius 1 is 1.70 bits per heavy atom. The van der Waals surface area contributed by atoms with E-state index in [1.165, 1.54) is 19.5 Å². The molecule has 1 aliphatic heterocycles. The molecule has 0 spiro atoms. The van der Waals surface area contributed by atoms with Crippen molar-refractivity contribution in [2.24, 2.45) is 0 Å². The van der Waals surface area contributed by atoms with E-state index in [1.807, 2.05) is 0 Å². The molecule has 0 N–H and O–H groups in total. The Morgan fingerprint density at radius 3 is 2.90 bits per heavy atom. The number of hydrogen-bond acceptors (Lipinski definition) is 1. The van der Waals surface area contributed by atoms with Crippen LogP contribution in [0.15, 0.2) is 11.6 Å². The van der Waals surface area contributed by atoms with Gasteiger partial charge in [0.1, 0.15) is 0 Å². The quantitative estimate of drug-likeness (QED) is 0.491. The molecule has 0 aromatic rings. The van der Waals surface area contributed by atoms with Gasteiger partial charge in [0.15, 0.2) is 0 Å². The van der Waals surface area contributed by atoms with Gasteiger partial charge < -0.3 is 0 Å². The van der Waals surface area contributed by atoms with Crippen molar-refractivity contribution >= 4 is 15.9 Å². The smallest absolute Gasteiger partial charge is 0.0242 e. The van der Waals surface area contributed by atoms with Crippen LogP contribution in [0.3, 0.4) is 0 Å². The van der Waals surface area contributed by atoms with E-state index < -0.39 is 0 Å². The maximum atomic E-state index is 3.47. The minimum absolute atomic E-state index is 1.06. The summed E-state index contributed by atoms with van der Waals surface area (Å²) in [5.41, 5.74) is 1.56. The van der Waals surface area contributed by atoms with Crippen molar-refractivity contribution in [2.45, 2.75) is 13.3 Å². The Hall–Kier alpha value is 0.180. The molecule has 1 aliphatic rings. The second kappa shape index (κ2) is 4.14. The zero-order valence-corrected chi connectivity index (χ0v) is 8.02. The van der Waals surface area contributed by atoms with Gasteiger partial charge in [0.2, 0.25) is 0 Å². The molecular formula is C8H14BrN. The van der Waals surface area contributed by atoms with Crippen LogP contribution >= 0.6 is 15.9 Å². The minimum atomic E-state index is 1.06. The summed E-state index contributed by atoms with van der Waals surface area (Å²) >= 11 is 3.47. The molecule has 0 bridgehead atoms. The highest BCUT2D eigenvalue weighted by Gasteiger charge is 2.07. The van der Waals surface area contributed by atoms with Crippen molar-refractivity contribution in [3.8, 4) is 0 Å². The molecule has 1 heterocycles. The first-order chi connectivity index (χ1) is 4.86. The van der Waals surface area contributed by atoms with Crippen LogP contribution in [0, 0.1) is 0 Å². The first kappa shape index (κ1) is 8.28. The largest absolute Gasteiger partial charge is 0.300 e. The van der Waals surface area contributed by atoms with Gasteiger partial charge in [0.25, 0.3) is 0 Å². The summed E-state index contributed by atoms with van der Waals surface area (Å²) in [5.74, 6) is 0. The first-order valence-electron chi connectivity index (χ1n) is 3.83. The molecule has 2 heteroatoms. The summed E-state index contributed by atoms with van der Waals surface area (Å²) in [4.78, 5) is 2.45. The summed E-state index contributed by atoms with van der Waals surface area (Å²) < 4.78 is 0. The normalized spacial score (nSPS) is 20.8. The summed E-state index contributed by atoms with van der Waals surface area (Å²) in [5, 5.41) is 1.06. The lowest BCUT2D eigenvalue weighted by Gasteiger charge is -2.23. The average molecular weight is 204 g/mol. The van der Waals surface area contributed by atoms with E-state index in [0.717, 1.165) is 11.9 Å². The highest BCUT2D eigenvalue weighted by atomic mass is 79.9. The number of nitrogens with zero attached hydrogens (tertiary/aromatic N) is 1. The number of alkyl halides is 1. The molecule has 0 aromatic heterocycles. The van der Waals surface area contributed by atoms with Crippen LogP contribution in [0.1, 0.15) is 13.3 Å². The van der Waals surface area contributed by atoms with E-state index in [1.54, 1.807) is 5.57 Å². The first-order valence-corrected chi connectivity index (χ1v) is 4.95. The second-order valence-electron chi connectivity index (χ2n) is 2.64. The van der Waals surface area contributed by atoms with E-state index >= 15 is 0 Å². The summed E-state index contributed by atoms with van der Waals surface area (Å²) in [6.45, 7) is 5.80. The Morgan fingerprint density at radius 2 is 2.50 bits per heavy atom. The standard InChI is InChI=1S/C8H14BrN/c1-2-10-5-3-8(7-9)4-6-10/h3H,2,4-7H2,1H3. The SMILES string of the molecule is CCN1CC=C(CBr)CC1. The van der Waals surface area contributed by atoms with Gasteiger partial charge in [-0.2, -0.15) is 0 Å². The molecule has 0 saturated carbocycles. The van der Waals surface area contributed by atoms with E-state index in [2.05, 4.69) is 33.8 Å². The van der Waals surface area contributed by atoms with Gasteiger partial charge in [0, 0.05) is 18.4 Å². The van der Waals surface area contributed by atoms with Crippen LogP contribution in [0.5, 0.6) is 0 Å². The van der Waals surface area contributed by atoms with Crippen LogP contribution < -0.4 is 0 Å². The van der Waals surface area contributed by atoms with E-state index in [-0.39, 0.29) is 0 Å². The molecule has 1 nitrogen and oxygen atoms in total. The minimum Gasteiger partial charge on any atom is -0.300 e. The fourth-order valence-electron chi connectivity index (χ4n) is 1.16. The van der Waals surface area contributed by atoms with Crippen molar-refractivity contribution in [2.75, 3.05) is 25.0 Å². The Kier molecular flexibility index (Phi) is 3.43.